The Kier molecular flexibility index (Phi) is 11.7. The van der Waals surface area contributed by atoms with Gasteiger partial charge in [0.1, 0.15) is 17.4 Å². The molecule has 0 aliphatic heterocycles. The van der Waals surface area contributed by atoms with Crippen molar-refractivity contribution in [2.24, 2.45) is 10.7 Å². The zero-order valence-electron chi connectivity index (χ0n) is 21.0. The summed E-state index contributed by atoms with van der Waals surface area (Å²) in [5.74, 6) is 2.48. The summed E-state index contributed by atoms with van der Waals surface area (Å²) in [5.41, 5.74) is 10.3. The lowest BCUT2D eigenvalue weighted by Gasteiger charge is -2.19. The summed E-state index contributed by atoms with van der Waals surface area (Å²) < 4.78 is 7.94. The monoisotopic (exact) mass is 547 g/mol. The highest BCUT2D eigenvalue weighted by Crippen LogP contribution is 2.25. The molecule has 2 N–H and O–H groups in total. The zero-order chi connectivity index (χ0) is 23.9. The summed E-state index contributed by atoms with van der Waals surface area (Å²) in [6.45, 7) is 11.0. The van der Waals surface area contributed by atoms with E-state index in [1.165, 1.54) is 5.56 Å². The number of fused-ring (bicyclic) bond motifs is 1. The Balaban J connectivity index is 0.00000228. The molecule has 9 heteroatoms. The quantitative estimate of drug-likeness (QED) is 0.176. The number of nitrogens with zero attached hydrogens (tertiary/aromatic N) is 4. The Morgan fingerprint density at radius 3 is 2.44 bits per heavy atom. The van der Waals surface area contributed by atoms with Crippen molar-refractivity contribution in [3.8, 4) is 5.75 Å². The van der Waals surface area contributed by atoms with Crippen LogP contribution in [0.3, 0.4) is 0 Å². The van der Waals surface area contributed by atoms with Crippen LogP contribution in [0.25, 0.3) is 11.0 Å². The smallest absolute Gasteiger partial charge is 0.141 e. The van der Waals surface area contributed by atoms with E-state index in [9.17, 15) is 0 Å². The van der Waals surface area contributed by atoms with Crippen molar-refractivity contribution in [2.75, 3.05) is 26.2 Å². The number of thiophene rings is 1. The Morgan fingerprint density at radius 1 is 1.06 bits per heavy atom. The SMILES string of the molecule is CCOc1ccc(Cc2nc3cc(N=C(N)c4cccs4)ccc3n2CCN(CC)CC)cc1.Cl.Cl. The van der Waals surface area contributed by atoms with Gasteiger partial charge in [0.2, 0.25) is 0 Å². The van der Waals surface area contributed by atoms with Crippen molar-refractivity contribution in [3.05, 3.63) is 76.2 Å². The number of aliphatic imine (C=N–C) groups is 1. The average Bonchev–Trinajstić information content (AvgIpc) is 3.50. The van der Waals surface area contributed by atoms with Gasteiger partial charge in [-0.05, 0) is 67.4 Å². The molecule has 0 bridgehead atoms. The number of hydrogen-bond acceptors (Lipinski definition) is 5. The molecule has 0 radical (unpaired) electrons. The summed E-state index contributed by atoms with van der Waals surface area (Å²) in [4.78, 5) is 13.1. The fourth-order valence-electron chi connectivity index (χ4n) is 4.07. The number of hydrogen-bond donors (Lipinski definition) is 1. The Bertz CT molecular complexity index is 1240. The maximum absolute atomic E-state index is 6.22. The van der Waals surface area contributed by atoms with Crippen LogP contribution in [0.2, 0.25) is 0 Å². The first-order valence-corrected chi connectivity index (χ1v) is 12.8. The molecule has 0 saturated heterocycles. The van der Waals surface area contributed by atoms with Crippen molar-refractivity contribution in [1.29, 1.82) is 0 Å². The molecule has 194 valence electrons. The van der Waals surface area contributed by atoms with Gasteiger partial charge in [0.25, 0.3) is 0 Å². The molecule has 0 atom stereocenters. The van der Waals surface area contributed by atoms with Crippen molar-refractivity contribution in [2.45, 2.75) is 33.7 Å². The van der Waals surface area contributed by atoms with Gasteiger partial charge >= 0.3 is 0 Å². The van der Waals surface area contributed by atoms with Crippen LogP contribution in [-0.4, -0.2) is 46.5 Å². The minimum atomic E-state index is 0. The van der Waals surface area contributed by atoms with Gasteiger partial charge in [0.15, 0.2) is 0 Å². The van der Waals surface area contributed by atoms with Gasteiger partial charge in [0, 0.05) is 19.5 Å². The van der Waals surface area contributed by atoms with Crippen LogP contribution < -0.4 is 10.5 Å². The van der Waals surface area contributed by atoms with E-state index >= 15 is 0 Å². The topological polar surface area (TPSA) is 68.7 Å². The first-order chi connectivity index (χ1) is 16.6. The maximum Gasteiger partial charge on any atom is 0.141 e. The van der Waals surface area contributed by atoms with Crippen molar-refractivity contribution >= 4 is 58.7 Å². The molecule has 2 aromatic carbocycles. The number of benzene rings is 2. The lowest BCUT2D eigenvalue weighted by Crippen LogP contribution is -2.27. The van der Waals surface area contributed by atoms with Gasteiger partial charge in [-0.2, -0.15) is 0 Å². The summed E-state index contributed by atoms with van der Waals surface area (Å²) in [5, 5.41) is 2.01. The molecule has 0 unspecified atom stereocenters. The number of imidazole rings is 1. The van der Waals surface area contributed by atoms with Gasteiger partial charge in [-0.15, -0.1) is 36.2 Å². The van der Waals surface area contributed by atoms with Crippen molar-refractivity contribution in [3.63, 3.8) is 0 Å². The van der Waals surface area contributed by atoms with Crippen molar-refractivity contribution < 1.29 is 4.74 Å². The highest BCUT2D eigenvalue weighted by molar-refractivity contribution is 7.12. The van der Waals surface area contributed by atoms with E-state index in [0.29, 0.717) is 12.4 Å². The molecular formula is C27H35Cl2N5OS. The fraction of sp³-hybridized carbons (Fsp3) is 0.333. The van der Waals surface area contributed by atoms with Crippen LogP contribution in [0.5, 0.6) is 5.75 Å². The number of ether oxygens (including phenoxy) is 1. The number of amidine groups is 1. The molecule has 4 aromatic rings. The standard InChI is InChI=1S/C27H33N5OS.2ClH/c1-4-31(5-2)15-16-32-24-14-11-21(29-27(28)25-8-7-17-34-25)19-23(24)30-26(32)18-20-9-12-22(13-10-20)33-6-3;;/h7-14,17,19H,4-6,15-16,18H2,1-3H3,(H2,28,29);2*1H. The van der Waals surface area contributed by atoms with E-state index in [4.69, 9.17) is 15.5 Å². The van der Waals surface area contributed by atoms with E-state index in [1.54, 1.807) is 11.3 Å². The van der Waals surface area contributed by atoms with Crippen LogP contribution in [0, 0.1) is 0 Å². The number of nitrogens with two attached hydrogens (primary N) is 1. The van der Waals surface area contributed by atoms with Gasteiger partial charge < -0.3 is 19.9 Å². The minimum Gasteiger partial charge on any atom is -0.494 e. The molecule has 0 fully saturated rings. The van der Waals surface area contributed by atoms with Gasteiger partial charge in [0.05, 0.1) is 28.2 Å². The van der Waals surface area contributed by atoms with Crippen LogP contribution in [0.4, 0.5) is 5.69 Å². The van der Waals surface area contributed by atoms with Crippen LogP contribution in [0.1, 0.15) is 37.0 Å². The summed E-state index contributed by atoms with van der Waals surface area (Å²) >= 11 is 1.59. The van der Waals surface area contributed by atoms with E-state index in [-0.39, 0.29) is 24.8 Å². The molecule has 0 saturated carbocycles. The molecule has 6 nitrogen and oxygen atoms in total. The average molecular weight is 549 g/mol. The summed E-state index contributed by atoms with van der Waals surface area (Å²) in [6.07, 6.45) is 0.759. The second-order valence-corrected chi connectivity index (χ2v) is 9.06. The molecule has 0 aliphatic rings. The number of likely N-dealkylation sites (N-methyl/N-ethyl adjacent to an activating group) is 1. The highest BCUT2D eigenvalue weighted by Gasteiger charge is 2.14. The number of rotatable bonds is 11. The number of halogens is 2. The number of aromatic nitrogens is 2. The van der Waals surface area contributed by atoms with E-state index in [1.807, 2.05) is 48.7 Å². The molecule has 4 rings (SSSR count). The Labute approximate surface area is 230 Å². The molecule has 0 aliphatic carbocycles. The third kappa shape index (κ3) is 7.23. The largest absolute Gasteiger partial charge is 0.494 e. The Hall–Kier alpha value is -2.58. The Morgan fingerprint density at radius 2 is 1.81 bits per heavy atom. The molecule has 0 spiro atoms. The van der Waals surface area contributed by atoms with E-state index < -0.39 is 0 Å². The first-order valence-electron chi connectivity index (χ1n) is 11.9. The second-order valence-electron chi connectivity index (χ2n) is 8.11. The fourth-order valence-corrected chi connectivity index (χ4v) is 4.70. The van der Waals surface area contributed by atoms with E-state index in [2.05, 4.69) is 46.5 Å². The molecule has 2 aromatic heterocycles. The lowest BCUT2D eigenvalue weighted by atomic mass is 10.1. The normalized spacial score (nSPS) is 11.4. The van der Waals surface area contributed by atoms with Crippen LogP contribution >= 0.6 is 36.2 Å². The van der Waals surface area contributed by atoms with Crippen LogP contribution in [-0.2, 0) is 13.0 Å². The van der Waals surface area contributed by atoms with Crippen molar-refractivity contribution in [1.82, 2.24) is 14.5 Å². The maximum atomic E-state index is 6.22. The molecule has 36 heavy (non-hydrogen) atoms. The zero-order valence-corrected chi connectivity index (χ0v) is 23.5. The summed E-state index contributed by atoms with van der Waals surface area (Å²) in [7, 11) is 0. The lowest BCUT2D eigenvalue weighted by molar-refractivity contribution is 0.291. The van der Waals surface area contributed by atoms with E-state index in [0.717, 1.165) is 65.8 Å². The van der Waals surface area contributed by atoms with Gasteiger partial charge in [-0.3, -0.25) is 0 Å². The third-order valence-electron chi connectivity index (χ3n) is 5.96. The predicted octanol–water partition coefficient (Wildman–Crippen LogP) is 6.31. The second kappa shape index (κ2) is 14.2. The molecular weight excluding hydrogens is 513 g/mol. The van der Waals surface area contributed by atoms with Crippen LogP contribution in [0.15, 0.2) is 65.0 Å². The summed E-state index contributed by atoms with van der Waals surface area (Å²) in [6, 6.07) is 18.4. The van der Waals surface area contributed by atoms with Gasteiger partial charge in [-0.25, -0.2) is 9.98 Å². The van der Waals surface area contributed by atoms with Gasteiger partial charge in [-0.1, -0.05) is 32.0 Å². The predicted molar refractivity (Wildman–Crippen MR) is 157 cm³/mol. The minimum absolute atomic E-state index is 0. The highest BCUT2D eigenvalue weighted by atomic mass is 35.5. The third-order valence-corrected chi connectivity index (χ3v) is 6.86. The molecule has 0 amide bonds. The first kappa shape index (κ1) is 29.6. The molecule has 2 heterocycles.